The molecule has 0 saturated heterocycles. The summed E-state index contributed by atoms with van der Waals surface area (Å²) in [6.45, 7) is 0. The first kappa shape index (κ1) is 12.2. The lowest BCUT2D eigenvalue weighted by atomic mass is 10.1. The number of hydrazine groups is 1. The van der Waals surface area contributed by atoms with Crippen LogP contribution in [-0.4, -0.2) is 4.98 Å². The summed E-state index contributed by atoms with van der Waals surface area (Å²) >= 11 is 5.94. The summed E-state index contributed by atoms with van der Waals surface area (Å²) in [5.74, 6) is 0. The third-order valence-electron chi connectivity index (χ3n) is 3.60. The normalized spacial score (nSPS) is 13.1. The molecule has 0 bridgehead atoms. The van der Waals surface area contributed by atoms with Crippen LogP contribution >= 0.6 is 11.6 Å². The number of rotatable bonds is 1. The van der Waals surface area contributed by atoms with E-state index in [-0.39, 0.29) is 0 Å². The molecule has 4 rings (SSSR count). The fraction of sp³-hybridized carbons (Fsp3) is 0. The minimum Gasteiger partial charge on any atom is -0.293 e. The molecule has 102 valence electrons. The van der Waals surface area contributed by atoms with Gasteiger partial charge in [-0.2, -0.15) is 0 Å². The molecule has 1 aromatic heterocycles. The second-order valence-corrected chi connectivity index (χ2v) is 5.34. The van der Waals surface area contributed by atoms with Crippen molar-refractivity contribution in [2.75, 3.05) is 10.4 Å². The van der Waals surface area contributed by atoms with E-state index in [2.05, 4.69) is 28.6 Å². The van der Waals surface area contributed by atoms with Crippen LogP contribution in [0.25, 0.3) is 16.8 Å². The standard InChI is InChI=1S/C17H12ClN3/c18-14-3-5-15(6-4-14)21-10-8-13-2-1-12-7-9-19-11-16(12)17(13)20-21/h1-11,20H. The minimum absolute atomic E-state index is 0.731. The number of nitrogens with one attached hydrogen (secondary N) is 1. The Labute approximate surface area is 127 Å². The number of halogens is 1. The minimum atomic E-state index is 0.731. The van der Waals surface area contributed by atoms with Gasteiger partial charge in [-0.1, -0.05) is 23.7 Å². The zero-order valence-corrected chi connectivity index (χ0v) is 11.9. The van der Waals surface area contributed by atoms with Gasteiger partial charge in [-0.05, 0) is 41.8 Å². The van der Waals surface area contributed by atoms with Gasteiger partial charge in [-0.25, -0.2) is 0 Å². The highest BCUT2D eigenvalue weighted by Gasteiger charge is 2.14. The lowest BCUT2D eigenvalue weighted by Gasteiger charge is -2.28. The number of nitrogens with zero attached hydrogens (tertiary/aromatic N) is 2. The van der Waals surface area contributed by atoms with Crippen molar-refractivity contribution in [3.05, 3.63) is 71.6 Å². The molecular formula is C17H12ClN3. The van der Waals surface area contributed by atoms with E-state index in [1.807, 2.05) is 53.9 Å². The molecule has 2 aromatic carbocycles. The molecule has 2 heterocycles. The fourth-order valence-corrected chi connectivity index (χ4v) is 2.63. The van der Waals surface area contributed by atoms with E-state index < -0.39 is 0 Å². The zero-order valence-electron chi connectivity index (χ0n) is 11.1. The van der Waals surface area contributed by atoms with Gasteiger partial charge in [-0.3, -0.25) is 15.4 Å². The third-order valence-corrected chi connectivity index (χ3v) is 3.85. The van der Waals surface area contributed by atoms with Crippen LogP contribution in [0.4, 0.5) is 11.4 Å². The van der Waals surface area contributed by atoms with E-state index in [1.165, 1.54) is 5.39 Å². The SMILES string of the molecule is Clc1ccc(N2C=Cc3ccc4ccncc4c3N2)cc1. The van der Waals surface area contributed by atoms with Crippen molar-refractivity contribution in [2.24, 2.45) is 0 Å². The smallest absolute Gasteiger partial charge is 0.0712 e. The molecule has 0 spiro atoms. The molecule has 4 heteroatoms. The molecule has 3 aromatic rings. The quantitative estimate of drug-likeness (QED) is 0.704. The maximum Gasteiger partial charge on any atom is 0.0712 e. The van der Waals surface area contributed by atoms with E-state index in [4.69, 9.17) is 11.6 Å². The summed E-state index contributed by atoms with van der Waals surface area (Å²) in [6, 6.07) is 14.0. The Morgan fingerprint density at radius 3 is 2.71 bits per heavy atom. The van der Waals surface area contributed by atoms with Crippen LogP contribution < -0.4 is 10.4 Å². The Morgan fingerprint density at radius 1 is 1.00 bits per heavy atom. The molecule has 0 amide bonds. The number of benzene rings is 2. The van der Waals surface area contributed by atoms with Crippen molar-refractivity contribution in [2.45, 2.75) is 0 Å². The maximum atomic E-state index is 5.94. The number of fused-ring (bicyclic) bond motifs is 3. The Kier molecular flexibility index (Phi) is 2.79. The summed E-state index contributed by atoms with van der Waals surface area (Å²) in [7, 11) is 0. The van der Waals surface area contributed by atoms with Gasteiger partial charge in [-0.15, -0.1) is 0 Å². The van der Waals surface area contributed by atoms with E-state index in [1.54, 1.807) is 0 Å². The number of hydrogen-bond acceptors (Lipinski definition) is 3. The van der Waals surface area contributed by atoms with E-state index in [9.17, 15) is 0 Å². The van der Waals surface area contributed by atoms with Crippen molar-refractivity contribution in [1.29, 1.82) is 0 Å². The van der Waals surface area contributed by atoms with Gasteiger partial charge in [0.2, 0.25) is 0 Å². The first-order valence-electron chi connectivity index (χ1n) is 6.68. The van der Waals surface area contributed by atoms with Crippen LogP contribution in [0.1, 0.15) is 5.56 Å². The number of hydrogen-bond donors (Lipinski definition) is 1. The first-order valence-corrected chi connectivity index (χ1v) is 7.05. The average molecular weight is 294 g/mol. The third kappa shape index (κ3) is 2.12. The topological polar surface area (TPSA) is 28.2 Å². The molecule has 0 aliphatic carbocycles. The van der Waals surface area contributed by atoms with Crippen molar-refractivity contribution in [3.63, 3.8) is 0 Å². The van der Waals surface area contributed by atoms with Crippen LogP contribution in [0, 0.1) is 0 Å². The van der Waals surface area contributed by atoms with Crippen LogP contribution in [0.5, 0.6) is 0 Å². The summed E-state index contributed by atoms with van der Waals surface area (Å²) in [6.07, 6.45) is 7.80. The van der Waals surface area contributed by atoms with E-state index >= 15 is 0 Å². The maximum absolute atomic E-state index is 5.94. The Morgan fingerprint density at radius 2 is 1.86 bits per heavy atom. The molecule has 0 fully saturated rings. The highest BCUT2D eigenvalue weighted by molar-refractivity contribution is 6.30. The molecule has 0 atom stereocenters. The molecule has 21 heavy (non-hydrogen) atoms. The Hall–Kier alpha value is -2.52. The number of aromatic nitrogens is 1. The fourth-order valence-electron chi connectivity index (χ4n) is 2.51. The van der Waals surface area contributed by atoms with Crippen molar-refractivity contribution in [1.82, 2.24) is 4.98 Å². The predicted octanol–water partition coefficient (Wildman–Crippen LogP) is 4.71. The van der Waals surface area contributed by atoms with Crippen LogP contribution in [-0.2, 0) is 0 Å². The monoisotopic (exact) mass is 293 g/mol. The predicted molar refractivity (Wildman–Crippen MR) is 88.3 cm³/mol. The average Bonchev–Trinajstić information content (AvgIpc) is 2.55. The molecular weight excluding hydrogens is 282 g/mol. The van der Waals surface area contributed by atoms with Gasteiger partial charge in [0, 0.05) is 34.6 Å². The summed E-state index contributed by atoms with van der Waals surface area (Å²) in [5.41, 5.74) is 6.69. The van der Waals surface area contributed by atoms with Crippen LogP contribution in [0.2, 0.25) is 5.02 Å². The van der Waals surface area contributed by atoms with Crippen LogP contribution in [0.15, 0.2) is 61.1 Å². The van der Waals surface area contributed by atoms with Crippen molar-refractivity contribution in [3.8, 4) is 0 Å². The molecule has 0 unspecified atom stereocenters. The summed E-state index contributed by atoms with van der Waals surface area (Å²) < 4.78 is 0. The van der Waals surface area contributed by atoms with Crippen molar-refractivity contribution >= 4 is 39.8 Å². The lowest BCUT2D eigenvalue weighted by Crippen LogP contribution is -2.26. The molecule has 1 aliphatic heterocycles. The first-order chi connectivity index (χ1) is 10.3. The van der Waals surface area contributed by atoms with Crippen molar-refractivity contribution < 1.29 is 0 Å². The zero-order chi connectivity index (χ0) is 14.2. The highest BCUT2D eigenvalue weighted by Crippen LogP contribution is 2.32. The van der Waals surface area contributed by atoms with E-state index in [0.717, 1.165) is 27.3 Å². The lowest BCUT2D eigenvalue weighted by molar-refractivity contribution is 1.15. The molecule has 3 nitrogen and oxygen atoms in total. The molecule has 0 radical (unpaired) electrons. The number of anilines is 2. The van der Waals surface area contributed by atoms with Gasteiger partial charge in [0.1, 0.15) is 0 Å². The van der Waals surface area contributed by atoms with Gasteiger partial charge in [0.15, 0.2) is 0 Å². The number of pyridine rings is 1. The molecule has 0 saturated carbocycles. The van der Waals surface area contributed by atoms with Crippen LogP contribution in [0.3, 0.4) is 0 Å². The largest absolute Gasteiger partial charge is 0.293 e. The Balaban J connectivity index is 1.80. The second kappa shape index (κ2) is 4.79. The van der Waals surface area contributed by atoms with Gasteiger partial charge in [0.25, 0.3) is 0 Å². The Bertz CT molecular complexity index is 840. The van der Waals surface area contributed by atoms with Gasteiger partial charge < -0.3 is 0 Å². The second-order valence-electron chi connectivity index (χ2n) is 4.90. The van der Waals surface area contributed by atoms with E-state index in [0.29, 0.717) is 0 Å². The summed E-state index contributed by atoms with van der Waals surface area (Å²) in [4.78, 5) is 4.23. The van der Waals surface area contributed by atoms with Gasteiger partial charge in [0.05, 0.1) is 11.4 Å². The summed E-state index contributed by atoms with van der Waals surface area (Å²) in [5, 5.41) is 4.99. The van der Waals surface area contributed by atoms with Gasteiger partial charge >= 0.3 is 0 Å². The molecule has 1 N–H and O–H groups in total. The molecule has 1 aliphatic rings. The highest BCUT2D eigenvalue weighted by atomic mass is 35.5.